The maximum Gasteiger partial charge on any atom is 0.407 e. The van der Waals surface area contributed by atoms with Gasteiger partial charge in [0, 0.05) is 42.7 Å². The van der Waals surface area contributed by atoms with Crippen LogP contribution in [0.2, 0.25) is 0 Å². The van der Waals surface area contributed by atoms with Gasteiger partial charge in [-0.2, -0.15) is 0 Å². The average molecular weight is 599 g/mol. The molecule has 2 aromatic carbocycles. The number of rotatable bonds is 4. The molecule has 1 fully saturated rings. The van der Waals surface area contributed by atoms with Gasteiger partial charge in [0.05, 0.1) is 41.7 Å². The molecule has 3 aliphatic heterocycles. The number of hydrogen-bond donors (Lipinski definition) is 2. The molecule has 0 saturated carbocycles. The van der Waals surface area contributed by atoms with Gasteiger partial charge in [0.2, 0.25) is 0 Å². The average Bonchev–Trinajstić information content (AvgIpc) is 3.36. The number of nitrogens with one attached hydrogen (secondary N) is 1. The lowest BCUT2D eigenvalue weighted by molar-refractivity contribution is -0.157. The molecule has 11 nitrogen and oxygen atoms in total. The van der Waals surface area contributed by atoms with E-state index in [1.807, 2.05) is 45.0 Å². The van der Waals surface area contributed by atoms with Crippen molar-refractivity contribution in [3.63, 3.8) is 0 Å². The molecule has 44 heavy (non-hydrogen) atoms. The zero-order valence-electron chi connectivity index (χ0n) is 24.9. The molecule has 0 spiro atoms. The van der Waals surface area contributed by atoms with E-state index in [9.17, 15) is 19.5 Å². The zero-order chi connectivity index (χ0) is 30.7. The summed E-state index contributed by atoms with van der Waals surface area (Å²) in [7, 11) is 0. The minimum atomic E-state index is -1.51. The van der Waals surface area contributed by atoms with Crippen LogP contribution in [0.1, 0.15) is 49.1 Å². The van der Waals surface area contributed by atoms with E-state index < -0.39 is 23.8 Å². The molecular formula is C33H34N4O7. The van der Waals surface area contributed by atoms with E-state index in [4.69, 9.17) is 19.2 Å². The Kier molecular flexibility index (Phi) is 6.91. The van der Waals surface area contributed by atoms with Crippen molar-refractivity contribution in [2.75, 3.05) is 26.2 Å². The summed E-state index contributed by atoms with van der Waals surface area (Å²) in [5, 5.41) is 16.6. The number of cyclic esters (lactones) is 1. The minimum Gasteiger partial charge on any atom is -0.458 e. The number of nitrogens with zero attached hydrogens (tertiary/aromatic N) is 3. The second-order valence-corrected chi connectivity index (χ2v) is 12.6. The van der Waals surface area contributed by atoms with Crippen LogP contribution in [0.15, 0.2) is 47.3 Å². The van der Waals surface area contributed by atoms with Gasteiger partial charge < -0.3 is 29.2 Å². The van der Waals surface area contributed by atoms with Crippen LogP contribution in [-0.2, 0) is 38.7 Å². The summed E-state index contributed by atoms with van der Waals surface area (Å²) in [6.45, 7) is 8.30. The molecule has 3 aliphatic rings. The Morgan fingerprint density at radius 2 is 1.98 bits per heavy atom. The molecule has 2 unspecified atom stereocenters. The fraction of sp³-hybridized carbons (Fsp3) is 0.394. The van der Waals surface area contributed by atoms with Gasteiger partial charge in [0.25, 0.3) is 5.56 Å². The van der Waals surface area contributed by atoms with Gasteiger partial charge in [0.1, 0.15) is 12.2 Å². The van der Waals surface area contributed by atoms with E-state index >= 15 is 0 Å². The normalized spacial score (nSPS) is 19.8. The van der Waals surface area contributed by atoms with E-state index in [0.717, 1.165) is 32.8 Å². The molecule has 2 N–H and O–H groups in total. The quantitative estimate of drug-likeness (QED) is 0.236. The van der Waals surface area contributed by atoms with Crippen molar-refractivity contribution < 1.29 is 28.9 Å². The molecule has 0 bridgehead atoms. The molecule has 2 aromatic heterocycles. The lowest BCUT2D eigenvalue weighted by atomic mass is 9.95. The van der Waals surface area contributed by atoms with Crippen LogP contribution in [0.3, 0.4) is 0 Å². The third-order valence-electron chi connectivity index (χ3n) is 8.44. The van der Waals surface area contributed by atoms with Crippen molar-refractivity contribution in [2.24, 2.45) is 0 Å². The van der Waals surface area contributed by atoms with Crippen molar-refractivity contribution in [3.05, 3.63) is 75.1 Å². The number of amides is 1. The number of hydrogen-bond acceptors (Lipinski definition) is 9. The number of aliphatic hydroxyl groups excluding tert-OH is 1. The number of morpholine rings is 1. The maximum atomic E-state index is 13.7. The SMILES string of the molecule is CC(C)(C)OC(=O)NCC1CN(Cc2c3c(nc4ccc5ccccc5c24)-c2cc4c(c(=O)n2C3)COC(=O)C4O)CCO1. The van der Waals surface area contributed by atoms with Crippen molar-refractivity contribution in [1.82, 2.24) is 19.8 Å². The van der Waals surface area contributed by atoms with Crippen molar-refractivity contribution in [1.29, 1.82) is 0 Å². The summed E-state index contributed by atoms with van der Waals surface area (Å²) in [6, 6.07) is 13.9. The highest BCUT2D eigenvalue weighted by Crippen LogP contribution is 2.40. The molecule has 5 heterocycles. The summed E-state index contributed by atoms with van der Waals surface area (Å²) < 4.78 is 18.1. The molecule has 228 valence electrons. The van der Waals surface area contributed by atoms with Crippen molar-refractivity contribution in [2.45, 2.75) is 58.3 Å². The smallest absolute Gasteiger partial charge is 0.407 e. The van der Waals surface area contributed by atoms with E-state index in [1.165, 1.54) is 0 Å². The van der Waals surface area contributed by atoms with Crippen LogP contribution in [0.25, 0.3) is 33.1 Å². The molecular weight excluding hydrogens is 564 g/mol. The highest BCUT2D eigenvalue weighted by Gasteiger charge is 2.35. The van der Waals surface area contributed by atoms with Gasteiger partial charge in [-0.1, -0.05) is 30.3 Å². The van der Waals surface area contributed by atoms with Gasteiger partial charge >= 0.3 is 12.1 Å². The van der Waals surface area contributed by atoms with E-state index in [0.29, 0.717) is 56.3 Å². The number of aromatic nitrogens is 2. The lowest BCUT2D eigenvalue weighted by Gasteiger charge is -2.34. The predicted molar refractivity (Wildman–Crippen MR) is 162 cm³/mol. The van der Waals surface area contributed by atoms with E-state index in [2.05, 4.69) is 22.3 Å². The Balaban J connectivity index is 1.28. The Hall–Kier alpha value is -4.32. The Morgan fingerprint density at radius 3 is 2.80 bits per heavy atom. The van der Waals surface area contributed by atoms with E-state index in [-0.39, 0.29) is 23.8 Å². The number of aliphatic hydroxyl groups is 1. The fourth-order valence-electron chi connectivity index (χ4n) is 6.45. The third kappa shape index (κ3) is 5.00. The third-order valence-corrected chi connectivity index (χ3v) is 8.44. The second-order valence-electron chi connectivity index (χ2n) is 12.6. The van der Waals surface area contributed by atoms with Crippen LogP contribution in [0, 0.1) is 0 Å². The monoisotopic (exact) mass is 598 g/mol. The largest absolute Gasteiger partial charge is 0.458 e. The molecule has 7 rings (SSSR count). The Labute approximate surface area is 253 Å². The Morgan fingerprint density at radius 1 is 1.16 bits per heavy atom. The van der Waals surface area contributed by atoms with Gasteiger partial charge in [-0.25, -0.2) is 14.6 Å². The first-order chi connectivity index (χ1) is 21.1. The van der Waals surface area contributed by atoms with Gasteiger partial charge in [0.15, 0.2) is 6.10 Å². The van der Waals surface area contributed by atoms with Crippen LogP contribution < -0.4 is 10.9 Å². The number of ether oxygens (including phenoxy) is 3. The molecule has 1 amide bonds. The molecule has 11 heteroatoms. The summed E-state index contributed by atoms with van der Waals surface area (Å²) in [5.74, 6) is -0.762. The van der Waals surface area contributed by atoms with Crippen LogP contribution in [0.4, 0.5) is 4.79 Å². The fourth-order valence-corrected chi connectivity index (χ4v) is 6.45. The summed E-state index contributed by atoms with van der Waals surface area (Å²) in [6.07, 6.45) is -2.21. The number of carbonyl (C=O) groups is 2. The van der Waals surface area contributed by atoms with Crippen molar-refractivity contribution in [3.8, 4) is 11.4 Å². The number of carbonyl (C=O) groups excluding carboxylic acids is 2. The standard InChI is InChI=1S/C33H34N4O7/c1-33(2,3)44-32(41)34-13-19-14-36(10-11-42-19)15-22-23-16-37-26(12-21-24(30(37)39)17-43-31(40)29(21)38)28(23)35-25-9-8-18-6-4-5-7-20(18)27(22)25/h4-9,12,19,29,38H,10-11,13-17H2,1-3H3,(H,34,41). The highest BCUT2D eigenvalue weighted by molar-refractivity contribution is 6.09. The minimum absolute atomic E-state index is 0.167. The summed E-state index contributed by atoms with van der Waals surface area (Å²) >= 11 is 0. The zero-order valence-corrected chi connectivity index (χ0v) is 24.9. The number of benzene rings is 2. The predicted octanol–water partition coefficient (Wildman–Crippen LogP) is 3.39. The number of esters is 1. The number of alkyl carbamates (subject to hydrolysis) is 1. The molecule has 2 atom stereocenters. The first-order valence-electron chi connectivity index (χ1n) is 14.8. The highest BCUT2D eigenvalue weighted by atomic mass is 16.6. The van der Waals surface area contributed by atoms with Gasteiger partial charge in [-0.15, -0.1) is 0 Å². The summed E-state index contributed by atoms with van der Waals surface area (Å²) in [4.78, 5) is 45.4. The molecule has 1 saturated heterocycles. The number of fused-ring (bicyclic) bond motifs is 7. The maximum absolute atomic E-state index is 13.7. The number of pyridine rings is 2. The van der Waals surface area contributed by atoms with Gasteiger partial charge in [-0.05, 0) is 49.2 Å². The van der Waals surface area contributed by atoms with Crippen LogP contribution in [-0.4, -0.2) is 69.6 Å². The van der Waals surface area contributed by atoms with Crippen LogP contribution >= 0.6 is 0 Å². The summed E-state index contributed by atoms with van der Waals surface area (Å²) in [5.41, 5.74) is 3.74. The topological polar surface area (TPSA) is 132 Å². The van der Waals surface area contributed by atoms with Gasteiger partial charge in [-0.3, -0.25) is 9.69 Å². The second kappa shape index (κ2) is 10.7. The molecule has 4 aromatic rings. The first-order valence-corrected chi connectivity index (χ1v) is 14.8. The molecule has 0 radical (unpaired) electrons. The van der Waals surface area contributed by atoms with Crippen molar-refractivity contribution >= 4 is 33.7 Å². The first kappa shape index (κ1) is 28.5. The lowest BCUT2D eigenvalue weighted by Crippen LogP contribution is -2.47. The Bertz CT molecular complexity index is 1890. The van der Waals surface area contributed by atoms with Crippen LogP contribution in [0.5, 0.6) is 0 Å². The van der Waals surface area contributed by atoms with E-state index in [1.54, 1.807) is 10.6 Å². The molecule has 0 aliphatic carbocycles.